The lowest BCUT2D eigenvalue weighted by molar-refractivity contribution is -0.102. The Balaban J connectivity index is 1.97. The van der Waals surface area contributed by atoms with Gasteiger partial charge in [0.05, 0.1) is 0 Å². The van der Waals surface area contributed by atoms with E-state index in [1.54, 1.807) is 0 Å². The molecule has 1 saturated carbocycles. The summed E-state index contributed by atoms with van der Waals surface area (Å²) in [5, 5.41) is 9.08. The lowest BCUT2D eigenvalue weighted by atomic mass is 9.71. The minimum absolute atomic E-state index is 0.164. The minimum atomic E-state index is -1.04. The van der Waals surface area contributed by atoms with Gasteiger partial charge < -0.3 is 10.8 Å². The highest BCUT2D eigenvalue weighted by Gasteiger charge is 2.33. The quantitative estimate of drug-likeness (QED) is 0.637. The Hall–Kier alpha value is -0.650. The van der Waals surface area contributed by atoms with Crippen molar-refractivity contribution in [3.63, 3.8) is 0 Å². The molecule has 0 spiro atoms. The van der Waals surface area contributed by atoms with Gasteiger partial charge in [-0.1, -0.05) is 19.3 Å². The van der Waals surface area contributed by atoms with E-state index in [2.05, 4.69) is 10.5 Å². The van der Waals surface area contributed by atoms with Gasteiger partial charge in [-0.25, -0.2) is 15.3 Å². The lowest BCUT2D eigenvalue weighted by Gasteiger charge is -2.35. The summed E-state index contributed by atoms with van der Waals surface area (Å²) in [7, 11) is 0. The Morgan fingerprint density at radius 1 is 1.47 bits per heavy atom. The predicted molar refractivity (Wildman–Crippen MR) is 56.9 cm³/mol. The summed E-state index contributed by atoms with van der Waals surface area (Å²) in [6.07, 6.45) is 5.85. The van der Waals surface area contributed by atoms with Crippen molar-refractivity contribution in [1.82, 2.24) is 5.48 Å². The predicted octanol–water partition coefficient (Wildman–Crippen LogP) is 0.495. The van der Waals surface area contributed by atoms with Crippen molar-refractivity contribution in [1.29, 1.82) is 0 Å². The van der Waals surface area contributed by atoms with Crippen LogP contribution in [0.2, 0.25) is 0 Å². The van der Waals surface area contributed by atoms with Crippen LogP contribution in [-0.2, 0) is 4.84 Å². The van der Waals surface area contributed by atoms with E-state index in [9.17, 15) is 0 Å². The van der Waals surface area contributed by atoms with E-state index in [1.165, 1.54) is 19.3 Å². The number of aliphatic imine (C=N–C) groups is 1. The van der Waals surface area contributed by atoms with Crippen LogP contribution in [0.1, 0.15) is 38.5 Å². The average Bonchev–Trinajstić information content (AvgIpc) is 2.65. The molecule has 0 bridgehead atoms. The molecular formula is C10H19N3O2. The van der Waals surface area contributed by atoms with Gasteiger partial charge in [-0.05, 0) is 24.8 Å². The molecule has 1 heterocycles. The molecule has 1 unspecified atom stereocenters. The van der Waals surface area contributed by atoms with Gasteiger partial charge in [0.1, 0.15) is 5.84 Å². The number of hydrogen-bond donors (Lipinski definition) is 3. The van der Waals surface area contributed by atoms with Crippen LogP contribution in [0.25, 0.3) is 0 Å². The second-order valence-corrected chi connectivity index (χ2v) is 4.56. The first-order chi connectivity index (χ1) is 7.24. The number of amidine groups is 1. The number of nitrogens with two attached hydrogens (primary N) is 1. The molecule has 0 saturated heterocycles. The molecular weight excluding hydrogens is 194 g/mol. The van der Waals surface area contributed by atoms with Crippen LogP contribution in [-0.4, -0.2) is 23.9 Å². The smallest absolute Gasteiger partial charge is 0.280 e. The van der Waals surface area contributed by atoms with E-state index in [4.69, 9.17) is 15.7 Å². The van der Waals surface area contributed by atoms with Gasteiger partial charge in [0, 0.05) is 6.42 Å². The monoisotopic (exact) mass is 213 g/mol. The van der Waals surface area contributed by atoms with Gasteiger partial charge in [0.2, 0.25) is 0 Å². The second-order valence-electron chi connectivity index (χ2n) is 4.56. The highest BCUT2D eigenvalue weighted by atomic mass is 16.7. The molecule has 1 fully saturated rings. The van der Waals surface area contributed by atoms with E-state index in [-0.39, 0.29) is 5.41 Å². The van der Waals surface area contributed by atoms with Crippen molar-refractivity contribution in [3.05, 3.63) is 0 Å². The zero-order valence-corrected chi connectivity index (χ0v) is 8.91. The van der Waals surface area contributed by atoms with E-state index >= 15 is 0 Å². The van der Waals surface area contributed by atoms with E-state index in [0.717, 1.165) is 25.1 Å². The summed E-state index contributed by atoms with van der Waals surface area (Å²) in [5.74, 6) is 0.731. The summed E-state index contributed by atoms with van der Waals surface area (Å²) in [6, 6.07) is 0. The molecule has 5 heteroatoms. The van der Waals surface area contributed by atoms with Crippen molar-refractivity contribution < 1.29 is 9.94 Å². The Bertz CT molecular complexity index is 249. The van der Waals surface area contributed by atoms with Crippen LogP contribution in [0.3, 0.4) is 0 Å². The number of nitrogens with one attached hydrogen (secondary N) is 1. The van der Waals surface area contributed by atoms with Gasteiger partial charge >= 0.3 is 0 Å². The fourth-order valence-electron chi connectivity index (χ4n) is 2.50. The summed E-state index contributed by atoms with van der Waals surface area (Å²) in [6.45, 7) is 0.684. The summed E-state index contributed by atoms with van der Waals surface area (Å²) >= 11 is 0. The van der Waals surface area contributed by atoms with Crippen molar-refractivity contribution in [2.45, 2.75) is 44.9 Å². The maximum absolute atomic E-state index is 9.08. The molecule has 0 aromatic carbocycles. The van der Waals surface area contributed by atoms with Gasteiger partial charge in [-0.3, -0.25) is 0 Å². The fourth-order valence-corrected chi connectivity index (χ4v) is 2.50. The molecule has 0 aromatic heterocycles. The number of nitrogens with zero attached hydrogens (tertiary/aromatic N) is 1. The third kappa shape index (κ3) is 2.48. The first kappa shape index (κ1) is 10.9. The van der Waals surface area contributed by atoms with Crippen LogP contribution >= 0.6 is 0 Å². The fraction of sp³-hybridized carbons (Fsp3) is 0.900. The third-order valence-electron chi connectivity index (χ3n) is 3.44. The Kier molecular flexibility index (Phi) is 3.23. The maximum atomic E-state index is 9.08. The van der Waals surface area contributed by atoms with Gasteiger partial charge in [-0.15, -0.1) is 0 Å². The average molecular weight is 213 g/mol. The van der Waals surface area contributed by atoms with E-state index in [1.807, 2.05) is 0 Å². The van der Waals surface area contributed by atoms with Crippen LogP contribution in [0.4, 0.5) is 0 Å². The Morgan fingerprint density at radius 2 is 2.20 bits per heavy atom. The van der Waals surface area contributed by atoms with Gasteiger partial charge in [0.25, 0.3) is 6.41 Å². The Labute approximate surface area is 89.7 Å². The first-order valence-corrected chi connectivity index (χ1v) is 5.61. The summed E-state index contributed by atoms with van der Waals surface area (Å²) in [5.41, 5.74) is 8.69. The molecule has 0 amide bonds. The van der Waals surface area contributed by atoms with Gasteiger partial charge in [0.15, 0.2) is 0 Å². The highest BCUT2D eigenvalue weighted by molar-refractivity contribution is 5.82. The van der Waals surface area contributed by atoms with Crippen LogP contribution < -0.4 is 11.2 Å². The second kappa shape index (κ2) is 4.47. The number of aliphatic hydroxyl groups is 1. The minimum Gasteiger partial charge on any atom is -0.348 e. The SMILES string of the molecule is NCC1(CC2=NC(O)ON2)CCCCC1. The molecule has 1 aliphatic carbocycles. The number of rotatable bonds is 3. The largest absolute Gasteiger partial charge is 0.348 e. The molecule has 2 rings (SSSR count). The van der Waals surface area contributed by atoms with Gasteiger partial charge in [-0.2, -0.15) is 0 Å². The number of aliphatic hydroxyl groups excluding tert-OH is 1. The molecule has 0 radical (unpaired) electrons. The van der Waals surface area contributed by atoms with E-state index < -0.39 is 6.41 Å². The summed E-state index contributed by atoms with van der Waals surface area (Å²) < 4.78 is 0. The molecule has 1 aliphatic heterocycles. The van der Waals surface area contributed by atoms with Crippen LogP contribution in [0.15, 0.2) is 4.99 Å². The van der Waals surface area contributed by atoms with Crippen molar-refractivity contribution >= 4 is 5.84 Å². The van der Waals surface area contributed by atoms with Crippen molar-refractivity contribution in [2.24, 2.45) is 16.1 Å². The zero-order valence-electron chi connectivity index (χ0n) is 8.91. The first-order valence-electron chi connectivity index (χ1n) is 5.61. The Morgan fingerprint density at radius 3 is 2.73 bits per heavy atom. The molecule has 5 nitrogen and oxygen atoms in total. The molecule has 2 aliphatic rings. The van der Waals surface area contributed by atoms with Crippen molar-refractivity contribution in [2.75, 3.05) is 6.54 Å². The zero-order chi connectivity index (χ0) is 10.7. The molecule has 86 valence electrons. The molecule has 1 atom stereocenters. The number of hydroxylamine groups is 1. The third-order valence-corrected chi connectivity index (χ3v) is 3.44. The highest BCUT2D eigenvalue weighted by Crippen LogP contribution is 2.38. The normalized spacial score (nSPS) is 29.7. The summed E-state index contributed by atoms with van der Waals surface area (Å²) in [4.78, 5) is 8.72. The molecule has 15 heavy (non-hydrogen) atoms. The maximum Gasteiger partial charge on any atom is 0.280 e. The number of hydrogen-bond acceptors (Lipinski definition) is 5. The topological polar surface area (TPSA) is 79.9 Å². The lowest BCUT2D eigenvalue weighted by Crippen LogP contribution is -2.37. The van der Waals surface area contributed by atoms with Crippen LogP contribution in [0, 0.1) is 5.41 Å². The molecule has 0 aromatic rings. The van der Waals surface area contributed by atoms with E-state index in [0.29, 0.717) is 6.54 Å². The van der Waals surface area contributed by atoms with Crippen molar-refractivity contribution in [3.8, 4) is 0 Å². The standard InChI is InChI=1S/C10H19N3O2/c11-7-10(4-2-1-3-5-10)6-8-12-9(14)15-13-8/h9,14H,1-7,11H2,(H,12,13). The van der Waals surface area contributed by atoms with Crippen LogP contribution in [0.5, 0.6) is 0 Å². The molecule has 4 N–H and O–H groups in total.